The fourth-order valence-corrected chi connectivity index (χ4v) is 2.08. The first-order chi connectivity index (χ1) is 8.02. The molecule has 1 rings (SSSR count). The summed E-state index contributed by atoms with van der Waals surface area (Å²) in [5.41, 5.74) is 4.82. The molecule has 3 amide bonds. The highest BCUT2D eigenvalue weighted by molar-refractivity contribution is 7.11. The summed E-state index contributed by atoms with van der Waals surface area (Å²) in [6, 6.07) is -0.870. The third-order valence-corrected chi connectivity index (χ3v) is 3.45. The van der Waals surface area contributed by atoms with Gasteiger partial charge in [0, 0.05) is 11.1 Å². The van der Waals surface area contributed by atoms with Crippen molar-refractivity contribution in [1.82, 2.24) is 15.6 Å². The number of hydrogen-bond acceptors (Lipinski definition) is 5. The molecule has 0 aliphatic heterocycles. The molecule has 0 fully saturated rings. The normalized spacial score (nSPS) is 12.1. The maximum atomic E-state index is 11.2. The maximum Gasteiger partial charge on any atom is 0.318 e. The van der Waals surface area contributed by atoms with Gasteiger partial charge in [-0.2, -0.15) is 0 Å². The standard InChI is InChI=1S/C10H16N4O2S/c1-3-7-4-13-9(17-7)6(2)12-5-8(15)14-10(11)16/h4,6,12H,3,5H2,1-2H3,(H3,11,14,15,16). The van der Waals surface area contributed by atoms with Crippen LogP contribution in [0.4, 0.5) is 4.79 Å². The Balaban J connectivity index is 2.41. The van der Waals surface area contributed by atoms with E-state index < -0.39 is 11.9 Å². The zero-order chi connectivity index (χ0) is 12.8. The lowest BCUT2D eigenvalue weighted by Gasteiger charge is -2.09. The third kappa shape index (κ3) is 4.49. The molecule has 6 nitrogen and oxygen atoms in total. The van der Waals surface area contributed by atoms with Gasteiger partial charge < -0.3 is 5.73 Å². The van der Waals surface area contributed by atoms with Gasteiger partial charge in [-0.25, -0.2) is 9.78 Å². The number of carbonyl (C=O) groups excluding carboxylic acids is 2. The average molecular weight is 256 g/mol. The van der Waals surface area contributed by atoms with Gasteiger partial charge >= 0.3 is 6.03 Å². The van der Waals surface area contributed by atoms with E-state index in [4.69, 9.17) is 5.73 Å². The summed E-state index contributed by atoms with van der Waals surface area (Å²) < 4.78 is 0. The molecule has 1 aromatic rings. The molecule has 17 heavy (non-hydrogen) atoms. The third-order valence-electron chi connectivity index (χ3n) is 2.12. The monoisotopic (exact) mass is 256 g/mol. The molecule has 7 heteroatoms. The van der Waals surface area contributed by atoms with Gasteiger partial charge in [0.2, 0.25) is 5.91 Å². The molecule has 94 valence electrons. The molecule has 0 saturated heterocycles. The molecule has 0 bridgehead atoms. The second-order valence-corrected chi connectivity index (χ2v) is 4.68. The van der Waals surface area contributed by atoms with E-state index in [0.717, 1.165) is 11.4 Å². The first kappa shape index (κ1) is 13.6. The number of nitrogens with zero attached hydrogens (tertiary/aromatic N) is 1. The van der Waals surface area contributed by atoms with Crippen LogP contribution in [-0.2, 0) is 11.2 Å². The molecule has 0 saturated carbocycles. The van der Waals surface area contributed by atoms with Crippen molar-refractivity contribution in [2.24, 2.45) is 5.73 Å². The van der Waals surface area contributed by atoms with E-state index in [1.54, 1.807) is 11.3 Å². The minimum Gasteiger partial charge on any atom is -0.351 e. The summed E-state index contributed by atoms with van der Waals surface area (Å²) in [6.07, 6.45) is 2.79. The van der Waals surface area contributed by atoms with Gasteiger partial charge in [-0.15, -0.1) is 11.3 Å². The quantitative estimate of drug-likeness (QED) is 0.716. The summed E-state index contributed by atoms with van der Waals surface area (Å²) in [5, 5.41) is 5.88. The van der Waals surface area contributed by atoms with Gasteiger partial charge in [0.25, 0.3) is 0 Å². The molecule has 1 heterocycles. The van der Waals surface area contributed by atoms with Crippen LogP contribution >= 0.6 is 11.3 Å². The van der Waals surface area contributed by atoms with Crippen LogP contribution < -0.4 is 16.4 Å². The molecular weight excluding hydrogens is 240 g/mol. The van der Waals surface area contributed by atoms with Gasteiger partial charge in [-0.3, -0.25) is 15.4 Å². The van der Waals surface area contributed by atoms with Crippen LogP contribution in [-0.4, -0.2) is 23.5 Å². The summed E-state index contributed by atoms with van der Waals surface area (Å²) in [4.78, 5) is 27.0. The van der Waals surface area contributed by atoms with E-state index >= 15 is 0 Å². The Morgan fingerprint density at radius 2 is 2.29 bits per heavy atom. The zero-order valence-corrected chi connectivity index (χ0v) is 10.6. The topological polar surface area (TPSA) is 97.1 Å². The molecular formula is C10H16N4O2S. The minimum absolute atomic E-state index is 0.0288. The number of amides is 3. The van der Waals surface area contributed by atoms with Gasteiger partial charge in [0.05, 0.1) is 12.6 Å². The highest BCUT2D eigenvalue weighted by atomic mass is 32.1. The predicted octanol–water partition coefficient (Wildman–Crippen LogP) is 0.551. The Morgan fingerprint density at radius 3 is 2.82 bits per heavy atom. The number of nitrogens with one attached hydrogen (secondary N) is 2. The number of hydrogen-bond donors (Lipinski definition) is 3. The second kappa shape index (κ2) is 6.31. The number of thiazole rings is 1. The number of nitrogens with two attached hydrogens (primary N) is 1. The number of rotatable bonds is 5. The van der Waals surface area contributed by atoms with Crippen LogP contribution in [0.2, 0.25) is 0 Å². The zero-order valence-electron chi connectivity index (χ0n) is 9.82. The van der Waals surface area contributed by atoms with Gasteiger partial charge in [0.15, 0.2) is 0 Å². The molecule has 0 aromatic carbocycles. The number of primary amides is 1. The lowest BCUT2D eigenvalue weighted by molar-refractivity contribution is -0.119. The van der Waals surface area contributed by atoms with Crippen molar-refractivity contribution >= 4 is 23.3 Å². The summed E-state index contributed by atoms with van der Waals surface area (Å²) in [6.45, 7) is 4.01. The number of aryl methyl sites for hydroxylation is 1. The number of carbonyl (C=O) groups is 2. The van der Waals surface area contributed by atoms with Gasteiger partial charge in [-0.05, 0) is 13.3 Å². The highest BCUT2D eigenvalue weighted by Crippen LogP contribution is 2.19. The van der Waals surface area contributed by atoms with Crippen molar-refractivity contribution in [2.45, 2.75) is 26.3 Å². The van der Waals surface area contributed by atoms with Crippen LogP contribution in [0.25, 0.3) is 0 Å². The second-order valence-electron chi connectivity index (χ2n) is 3.53. The van der Waals surface area contributed by atoms with Crippen LogP contribution in [0.3, 0.4) is 0 Å². The molecule has 0 spiro atoms. The molecule has 0 aliphatic rings. The minimum atomic E-state index is -0.841. The lowest BCUT2D eigenvalue weighted by Crippen LogP contribution is -2.41. The summed E-state index contributed by atoms with van der Waals surface area (Å²) in [7, 11) is 0. The van der Waals surface area contributed by atoms with E-state index in [9.17, 15) is 9.59 Å². The molecule has 1 atom stereocenters. The van der Waals surface area contributed by atoms with Crippen molar-refractivity contribution < 1.29 is 9.59 Å². The van der Waals surface area contributed by atoms with Crippen molar-refractivity contribution in [3.63, 3.8) is 0 Å². The van der Waals surface area contributed by atoms with Crippen LogP contribution in [0.15, 0.2) is 6.20 Å². The maximum absolute atomic E-state index is 11.2. The first-order valence-electron chi connectivity index (χ1n) is 5.30. The van der Waals surface area contributed by atoms with Crippen LogP contribution in [0.1, 0.15) is 29.8 Å². The van der Waals surface area contributed by atoms with E-state index in [-0.39, 0.29) is 12.6 Å². The van der Waals surface area contributed by atoms with Crippen molar-refractivity contribution in [3.8, 4) is 0 Å². The van der Waals surface area contributed by atoms with E-state index in [1.165, 1.54) is 4.88 Å². The van der Waals surface area contributed by atoms with E-state index in [1.807, 2.05) is 18.4 Å². The molecule has 1 aromatic heterocycles. The summed E-state index contributed by atoms with van der Waals surface area (Å²) >= 11 is 1.61. The molecule has 0 radical (unpaired) electrons. The number of aromatic nitrogens is 1. The number of imide groups is 1. The Labute approximate surface area is 104 Å². The smallest absolute Gasteiger partial charge is 0.318 e. The van der Waals surface area contributed by atoms with Gasteiger partial charge in [0.1, 0.15) is 5.01 Å². The molecule has 1 unspecified atom stereocenters. The first-order valence-corrected chi connectivity index (χ1v) is 6.11. The molecule has 4 N–H and O–H groups in total. The Hall–Kier alpha value is -1.47. The van der Waals surface area contributed by atoms with Crippen molar-refractivity contribution in [1.29, 1.82) is 0 Å². The Bertz CT molecular complexity index is 405. The van der Waals surface area contributed by atoms with Gasteiger partial charge in [-0.1, -0.05) is 6.92 Å². The van der Waals surface area contributed by atoms with E-state index in [2.05, 4.69) is 17.2 Å². The largest absolute Gasteiger partial charge is 0.351 e. The molecule has 0 aliphatic carbocycles. The Kier molecular flexibility index (Phi) is 5.05. The summed E-state index contributed by atoms with van der Waals surface area (Å²) in [5.74, 6) is -0.448. The number of urea groups is 1. The van der Waals surface area contributed by atoms with Crippen molar-refractivity contribution in [3.05, 3.63) is 16.1 Å². The van der Waals surface area contributed by atoms with Crippen molar-refractivity contribution in [2.75, 3.05) is 6.54 Å². The highest BCUT2D eigenvalue weighted by Gasteiger charge is 2.11. The fraction of sp³-hybridized carbons (Fsp3) is 0.500. The lowest BCUT2D eigenvalue weighted by atomic mass is 10.3. The van der Waals surface area contributed by atoms with E-state index in [0.29, 0.717) is 0 Å². The Morgan fingerprint density at radius 1 is 1.59 bits per heavy atom. The average Bonchev–Trinajstić information content (AvgIpc) is 2.73. The van der Waals surface area contributed by atoms with Crippen LogP contribution in [0.5, 0.6) is 0 Å². The fourth-order valence-electron chi connectivity index (χ4n) is 1.20. The SMILES string of the molecule is CCc1cnc(C(C)NCC(=O)NC(N)=O)s1. The predicted molar refractivity (Wildman–Crippen MR) is 65.6 cm³/mol. The van der Waals surface area contributed by atoms with Crippen LogP contribution in [0, 0.1) is 0 Å².